The number of carboxylic acid groups (broad SMARTS) is 1. The molecule has 0 fully saturated rings. The Morgan fingerprint density at radius 3 is 2.60 bits per heavy atom. The van der Waals surface area contributed by atoms with E-state index >= 15 is 0 Å². The first-order valence-corrected chi connectivity index (χ1v) is 11.8. The summed E-state index contributed by atoms with van der Waals surface area (Å²) in [5, 5.41) is 11.7. The molecule has 1 aromatic heterocycles. The summed E-state index contributed by atoms with van der Waals surface area (Å²) < 4.78 is 11.5. The molecule has 0 bridgehead atoms. The molecule has 0 spiro atoms. The lowest BCUT2D eigenvalue weighted by molar-refractivity contribution is -0.137. The van der Waals surface area contributed by atoms with E-state index in [1.807, 2.05) is 44.2 Å². The minimum Gasteiger partial charge on any atom is -0.493 e. The number of carbonyl (C=O) groups is 3. The summed E-state index contributed by atoms with van der Waals surface area (Å²) in [7, 11) is 0. The van der Waals surface area contributed by atoms with Gasteiger partial charge in [0, 0.05) is 29.7 Å². The van der Waals surface area contributed by atoms with Gasteiger partial charge in [0.15, 0.2) is 6.29 Å². The summed E-state index contributed by atoms with van der Waals surface area (Å²) in [6.07, 6.45) is 4.55. The fourth-order valence-electron chi connectivity index (χ4n) is 4.01. The molecule has 0 atom stereocenters. The number of rotatable bonds is 13. The predicted molar refractivity (Wildman–Crippen MR) is 133 cm³/mol. The fraction of sp³-hybridized carbons (Fsp3) is 0.321. The quantitative estimate of drug-likeness (QED) is 0.237. The van der Waals surface area contributed by atoms with Crippen molar-refractivity contribution in [3.8, 4) is 17.1 Å². The van der Waals surface area contributed by atoms with E-state index in [-0.39, 0.29) is 24.8 Å². The molecule has 184 valence electrons. The van der Waals surface area contributed by atoms with Gasteiger partial charge in [-0.15, -0.1) is 0 Å². The van der Waals surface area contributed by atoms with Crippen LogP contribution in [0, 0.1) is 0 Å². The number of amides is 1. The van der Waals surface area contributed by atoms with Gasteiger partial charge < -0.3 is 19.6 Å². The summed E-state index contributed by atoms with van der Waals surface area (Å²) in [5.41, 5.74) is 3.37. The van der Waals surface area contributed by atoms with Crippen LogP contribution in [0.4, 0.5) is 0 Å². The smallest absolute Gasteiger partial charge is 0.303 e. The Labute approximate surface area is 205 Å². The highest BCUT2D eigenvalue weighted by atomic mass is 16.5. The van der Waals surface area contributed by atoms with E-state index in [1.165, 1.54) is 6.26 Å². The lowest BCUT2D eigenvalue weighted by atomic mass is 9.89. The van der Waals surface area contributed by atoms with E-state index in [1.54, 1.807) is 18.2 Å². The summed E-state index contributed by atoms with van der Waals surface area (Å²) in [5.74, 6) is 0.161. The zero-order valence-corrected chi connectivity index (χ0v) is 20.1. The maximum absolute atomic E-state index is 13.2. The summed E-state index contributed by atoms with van der Waals surface area (Å²) >= 11 is 0. The molecule has 1 heterocycles. The SMILES string of the molecule is CC(C)c1c(C(=O)NCc2ccccc2OCCCCCC(=O)O)cccc1-c1occc1C=O. The Kier molecular flexibility index (Phi) is 9.23. The van der Waals surface area contributed by atoms with Crippen LogP contribution < -0.4 is 10.1 Å². The molecule has 3 aromatic rings. The third kappa shape index (κ3) is 6.82. The van der Waals surface area contributed by atoms with Crippen molar-refractivity contribution in [3.05, 3.63) is 77.0 Å². The highest BCUT2D eigenvalue weighted by molar-refractivity contribution is 5.98. The van der Waals surface area contributed by atoms with E-state index in [0.29, 0.717) is 35.7 Å². The molecule has 2 N–H and O–H groups in total. The first-order valence-electron chi connectivity index (χ1n) is 11.8. The molecule has 0 aliphatic heterocycles. The number of aldehydes is 1. The van der Waals surface area contributed by atoms with Crippen molar-refractivity contribution in [1.29, 1.82) is 0 Å². The van der Waals surface area contributed by atoms with E-state index in [9.17, 15) is 14.4 Å². The van der Waals surface area contributed by atoms with Gasteiger partial charge in [-0.2, -0.15) is 0 Å². The average Bonchev–Trinajstić information content (AvgIpc) is 3.33. The zero-order valence-electron chi connectivity index (χ0n) is 20.1. The third-order valence-electron chi connectivity index (χ3n) is 5.70. The lowest BCUT2D eigenvalue weighted by Crippen LogP contribution is -2.25. The van der Waals surface area contributed by atoms with E-state index in [2.05, 4.69) is 5.32 Å². The van der Waals surface area contributed by atoms with E-state index in [4.69, 9.17) is 14.3 Å². The number of para-hydroxylation sites is 1. The lowest BCUT2D eigenvalue weighted by Gasteiger charge is -2.18. The molecule has 0 aliphatic carbocycles. The van der Waals surface area contributed by atoms with Crippen LogP contribution in [0.15, 0.2) is 59.2 Å². The first-order chi connectivity index (χ1) is 16.9. The highest BCUT2D eigenvalue weighted by Crippen LogP contribution is 2.34. The van der Waals surface area contributed by atoms with Crippen molar-refractivity contribution in [1.82, 2.24) is 5.32 Å². The first kappa shape index (κ1) is 25.7. The van der Waals surface area contributed by atoms with Gasteiger partial charge in [-0.3, -0.25) is 14.4 Å². The van der Waals surface area contributed by atoms with Crippen molar-refractivity contribution < 1.29 is 28.6 Å². The maximum Gasteiger partial charge on any atom is 0.303 e. The highest BCUT2D eigenvalue weighted by Gasteiger charge is 2.21. The van der Waals surface area contributed by atoms with Gasteiger partial charge >= 0.3 is 5.97 Å². The molecule has 2 aromatic carbocycles. The Hall–Kier alpha value is -3.87. The number of hydrogen-bond donors (Lipinski definition) is 2. The van der Waals surface area contributed by atoms with Gasteiger partial charge in [0.05, 0.1) is 18.4 Å². The molecule has 0 unspecified atom stereocenters. The molecular formula is C28H31NO6. The molecule has 0 saturated carbocycles. The minimum absolute atomic E-state index is 0.0216. The van der Waals surface area contributed by atoms with Crippen molar-refractivity contribution in [2.24, 2.45) is 0 Å². The van der Waals surface area contributed by atoms with Crippen LogP contribution in [0.2, 0.25) is 0 Å². The van der Waals surface area contributed by atoms with Gasteiger partial charge in [0.25, 0.3) is 5.91 Å². The van der Waals surface area contributed by atoms with Crippen LogP contribution in [0.25, 0.3) is 11.3 Å². The number of carbonyl (C=O) groups excluding carboxylic acids is 2. The number of ether oxygens (including phenoxy) is 1. The van der Waals surface area contributed by atoms with Gasteiger partial charge in [-0.25, -0.2) is 0 Å². The topological polar surface area (TPSA) is 106 Å². The van der Waals surface area contributed by atoms with Crippen molar-refractivity contribution in [2.45, 2.75) is 52.0 Å². The van der Waals surface area contributed by atoms with Crippen LogP contribution in [0.1, 0.15) is 77.3 Å². The Morgan fingerprint density at radius 1 is 1.06 bits per heavy atom. The van der Waals surface area contributed by atoms with E-state index < -0.39 is 5.97 Å². The predicted octanol–water partition coefficient (Wildman–Crippen LogP) is 5.84. The Bertz CT molecular complexity index is 1160. The van der Waals surface area contributed by atoms with Crippen molar-refractivity contribution in [3.63, 3.8) is 0 Å². The van der Waals surface area contributed by atoms with Crippen LogP contribution in [0.5, 0.6) is 5.75 Å². The van der Waals surface area contributed by atoms with Gasteiger partial charge in [0.2, 0.25) is 0 Å². The van der Waals surface area contributed by atoms with Gasteiger partial charge in [-0.1, -0.05) is 44.2 Å². The van der Waals surface area contributed by atoms with E-state index in [0.717, 1.165) is 35.8 Å². The number of aliphatic carboxylic acids is 1. The molecule has 35 heavy (non-hydrogen) atoms. The van der Waals surface area contributed by atoms with Crippen molar-refractivity contribution >= 4 is 18.2 Å². The largest absolute Gasteiger partial charge is 0.493 e. The van der Waals surface area contributed by atoms with Crippen molar-refractivity contribution in [2.75, 3.05) is 6.61 Å². The second-order valence-electron chi connectivity index (χ2n) is 8.59. The Morgan fingerprint density at radius 2 is 1.86 bits per heavy atom. The third-order valence-corrected chi connectivity index (χ3v) is 5.70. The molecule has 0 radical (unpaired) electrons. The minimum atomic E-state index is -0.786. The molecule has 3 rings (SSSR count). The summed E-state index contributed by atoms with van der Waals surface area (Å²) in [6, 6.07) is 14.6. The number of unbranched alkanes of at least 4 members (excludes halogenated alkanes) is 2. The van der Waals surface area contributed by atoms with Gasteiger partial charge in [-0.05, 0) is 48.9 Å². The normalized spacial score (nSPS) is 10.8. The summed E-state index contributed by atoms with van der Waals surface area (Å²) in [4.78, 5) is 35.3. The standard InChI is InChI=1S/C28H31NO6/c1-19(2)26-22(27-21(18-30)14-16-35-27)10-8-11-23(26)28(33)29-17-20-9-5-6-12-24(20)34-15-7-3-4-13-25(31)32/h5-6,8-12,14,16,18-19H,3-4,7,13,15,17H2,1-2H3,(H,29,33)(H,31,32). The molecule has 0 aliphatic rings. The van der Waals surface area contributed by atoms with Crippen LogP contribution in [-0.4, -0.2) is 29.9 Å². The number of hydrogen-bond acceptors (Lipinski definition) is 5. The molecule has 7 heteroatoms. The van der Waals surface area contributed by atoms with Crippen LogP contribution >= 0.6 is 0 Å². The molecule has 0 saturated heterocycles. The monoisotopic (exact) mass is 477 g/mol. The zero-order chi connectivity index (χ0) is 25.2. The maximum atomic E-state index is 13.2. The average molecular weight is 478 g/mol. The van der Waals surface area contributed by atoms with Crippen LogP contribution in [-0.2, 0) is 11.3 Å². The number of nitrogens with one attached hydrogen (secondary N) is 1. The molecular weight excluding hydrogens is 446 g/mol. The molecule has 1 amide bonds. The van der Waals surface area contributed by atoms with Crippen LogP contribution in [0.3, 0.4) is 0 Å². The summed E-state index contributed by atoms with van der Waals surface area (Å²) in [6.45, 7) is 4.76. The molecule has 7 nitrogen and oxygen atoms in total. The van der Waals surface area contributed by atoms with Gasteiger partial charge in [0.1, 0.15) is 11.5 Å². The second kappa shape index (κ2) is 12.6. The Balaban J connectivity index is 1.70. The number of benzene rings is 2. The second-order valence-corrected chi connectivity index (χ2v) is 8.59. The fourth-order valence-corrected chi connectivity index (χ4v) is 4.01. The number of furan rings is 1. The number of carboxylic acids is 1.